The lowest BCUT2D eigenvalue weighted by atomic mass is 10.1. The second-order valence-corrected chi connectivity index (χ2v) is 4.67. The van der Waals surface area contributed by atoms with Gasteiger partial charge in [0.05, 0.1) is 0 Å². The Bertz CT molecular complexity index is 548. The monoisotopic (exact) mass is 258 g/mol. The number of carbonyl (C=O) groups excluding carboxylic acids is 1. The summed E-state index contributed by atoms with van der Waals surface area (Å²) in [7, 11) is 0. The minimum Gasteiger partial charge on any atom is -0.318 e. The molecule has 0 aliphatic heterocycles. The van der Waals surface area contributed by atoms with Crippen molar-refractivity contribution in [2.75, 3.05) is 0 Å². The number of carbonyl (C=O) groups is 1. The quantitative estimate of drug-likeness (QED) is 0.497. The van der Waals surface area contributed by atoms with Crippen LogP contribution < -0.4 is 11.3 Å². The van der Waals surface area contributed by atoms with Gasteiger partial charge in [0.15, 0.2) is 0 Å². The number of nitrogens with two attached hydrogens (primary N) is 1. The van der Waals surface area contributed by atoms with Crippen molar-refractivity contribution in [2.24, 2.45) is 5.84 Å². The molecule has 0 saturated carbocycles. The van der Waals surface area contributed by atoms with Gasteiger partial charge >= 0.3 is 0 Å². The molecule has 1 amide bonds. The van der Waals surface area contributed by atoms with Crippen LogP contribution in [0.1, 0.15) is 37.2 Å². The molecular weight excluding hydrogens is 240 g/mol. The third kappa shape index (κ3) is 2.66. The average Bonchev–Trinajstić information content (AvgIpc) is 2.89. The number of aromatic nitrogens is 2. The van der Waals surface area contributed by atoms with E-state index in [1.165, 1.54) is 0 Å². The molecular formula is C14H18N4O. The van der Waals surface area contributed by atoms with E-state index in [4.69, 9.17) is 5.84 Å². The van der Waals surface area contributed by atoms with Crippen molar-refractivity contribution in [1.82, 2.24) is 15.0 Å². The van der Waals surface area contributed by atoms with E-state index in [1.54, 1.807) is 6.20 Å². The average molecular weight is 258 g/mol. The lowest BCUT2D eigenvalue weighted by Gasteiger charge is -2.20. The van der Waals surface area contributed by atoms with Crippen LogP contribution in [0.3, 0.4) is 0 Å². The zero-order valence-corrected chi connectivity index (χ0v) is 11.1. The van der Waals surface area contributed by atoms with E-state index in [1.807, 2.05) is 54.9 Å². The Morgan fingerprint density at radius 2 is 2.00 bits per heavy atom. The molecule has 0 bridgehead atoms. The van der Waals surface area contributed by atoms with Gasteiger partial charge in [-0.1, -0.05) is 44.2 Å². The zero-order valence-electron chi connectivity index (χ0n) is 11.1. The summed E-state index contributed by atoms with van der Waals surface area (Å²) in [5.74, 6) is 6.14. The van der Waals surface area contributed by atoms with Crippen LogP contribution in [0.15, 0.2) is 42.7 Å². The Hall–Kier alpha value is -2.14. The first-order valence-electron chi connectivity index (χ1n) is 6.23. The predicted octanol–water partition coefficient (Wildman–Crippen LogP) is 1.59. The number of hydrazine groups is 1. The van der Waals surface area contributed by atoms with Crippen LogP contribution in [0.5, 0.6) is 0 Å². The largest absolute Gasteiger partial charge is 0.318 e. The molecule has 1 unspecified atom stereocenters. The van der Waals surface area contributed by atoms with E-state index in [2.05, 4.69) is 10.4 Å². The van der Waals surface area contributed by atoms with Crippen LogP contribution in [0.25, 0.3) is 0 Å². The van der Waals surface area contributed by atoms with Gasteiger partial charge in [-0.25, -0.2) is 10.8 Å². The lowest BCUT2D eigenvalue weighted by Crippen LogP contribution is -2.38. The molecule has 1 heterocycles. The number of imidazole rings is 1. The maximum absolute atomic E-state index is 12.1. The normalized spacial score (nSPS) is 12.4. The van der Waals surface area contributed by atoms with Gasteiger partial charge in [-0.2, -0.15) is 0 Å². The lowest BCUT2D eigenvalue weighted by molar-refractivity contribution is -0.123. The van der Waals surface area contributed by atoms with E-state index in [9.17, 15) is 4.79 Å². The van der Waals surface area contributed by atoms with Crippen molar-refractivity contribution in [3.8, 4) is 0 Å². The Balaban J connectivity index is 2.50. The molecule has 0 spiro atoms. The molecule has 1 aromatic heterocycles. The van der Waals surface area contributed by atoms with Gasteiger partial charge in [-0.15, -0.1) is 0 Å². The van der Waals surface area contributed by atoms with Crippen molar-refractivity contribution < 1.29 is 4.79 Å². The van der Waals surface area contributed by atoms with E-state index < -0.39 is 6.04 Å². The number of hydrogen-bond acceptors (Lipinski definition) is 3. The SMILES string of the molecule is CC(C)c1nccn1C(C(=O)NN)c1ccccc1. The number of hydrogen-bond donors (Lipinski definition) is 2. The minimum atomic E-state index is -0.494. The van der Waals surface area contributed by atoms with Crippen LogP contribution in [0.2, 0.25) is 0 Å². The summed E-state index contributed by atoms with van der Waals surface area (Å²) in [4.78, 5) is 16.4. The third-order valence-electron chi connectivity index (χ3n) is 3.00. The van der Waals surface area contributed by atoms with E-state index >= 15 is 0 Å². The molecule has 3 N–H and O–H groups in total. The summed E-state index contributed by atoms with van der Waals surface area (Å²) in [6.07, 6.45) is 3.51. The highest BCUT2D eigenvalue weighted by atomic mass is 16.2. The summed E-state index contributed by atoms with van der Waals surface area (Å²) in [5.41, 5.74) is 3.11. The van der Waals surface area contributed by atoms with Gasteiger partial charge in [-0.05, 0) is 5.56 Å². The molecule has 0 aliphatic carbocycles. The summed E-state index contributed by atoms with van der Waals surface area (Å²) in [6.45, 7) is 4.09. The maximum atomic E-state index is 12.1. The molecule has 5 heteroatoms. The van der Waals surface area contributed by atoms with Gasteiger partial charge in [0.1, 0.15) is 11.9 Å². The van der Waals surface area contributed by atoms with Gasteiger partial charge in [0.2, 0.25) is 0 Å². The Morgan fingerprint density at radius 1 is 1.32 bits per heavy atom. The predicted molar refractivity (Wildman–Crippen MR) is 73.2 cm³/mol. The standard InChI is InChI=1S/C14H18N4O/c1-10(2)13-16-8-9-18(13)12(14(19)17-15)11-6-4-3-5-7-11/h3-10,12H,15H2,1-2H3,(H,17,19). The van der Waals surface area contributed by atoms with Gasteiger partial charge in [0.25, 0.3) is 5.91 Å². The molecule has 2 rings (SSSR count). The van der Waals surface area contributed by atoms with E-state index in [0.717, 1.165) is 11.4 Å². The van der Waals surface area contributed by atoms with Crippen molar-refractivity contribution in [1.29, 1.82) is 0 Å². The smallest absolute Gasteiger partial charge is 0.261 e. The van der Waals surface area contributed by atoms with Crippen LogP contribution in [-0.4, -0.2) is 15.5 Å². The summed E-state index contributed by atoms with van der Waals surface area (Å²) in [5, 5.41) is 0. The first-order chi connectivity index (χ1) is 9.15. The second kappa shape index (κ2) is 5.67. The fourth-order valence-electron chi connectivity index (χ4n) is 2.14. The first kappa shape index (κ1) is 13.3. The molecule has 5 nitrogen and oxygen atoms in total. The van der Waals surface area contributed by atoms with Gasteiger partial charge in [0, 0.05) is 18.3 Å². The Morgan fingerprint density at radius 3 is 2.58 bits per heavy atom. The molecule has 0 radical (unpaired) electrons. The Labute approximate surface area is 112 Å². The van der Waals surface area contributed by atoms with Crippen LogP contribution >= 0.6 is 0 Å². The van der Waals surface area contributed by atoms with Gasteiger partial charge in [-0.3, -0.25) is 10.2 Å². The molecule has 1 atom stereocenters. The number of nitrogens with zero attached hydrogens (tertiary/aromatic N) is 2. The van der Waals surface area contributed by atoms with Crippen molar-refractivity contribution >= 4 is 5.91 Å². The topological polar surface area (TPSA) is 72.9 Å². The van der Waals surface area contributed by atoms with E-state index in [-0.39, 0.29) is 11.8 Å². The summed E-state index contributed by atoms with van der Waals surface area (Å²) >= 11 is 0. The van der Waals surface area contributed by atoms with Crippen molar-refractivity contribution in [3.63, 3.8) is 0 Å². The van der Waals surface area contributed by atoms with E-state index in [0.29, 0.717) is 0 Å². The molecule has 0 aliphatic rings. The highest BCUT2D eigenvalue weighted by Gasteiger charge is 2.24. The molecule has 2 aromatic rings. The molecule has 100 valence electrons. The summed E-state index contributed by atoms with van der Waals surface area (Å²) in [6, 6.07) is 9.04. The fraction of sp³-hybridized carbons (Fsp3) is 0.286. The van der Waals surface area contributed by atoms with Gasteiger partial charge < -0.3 is 4.57 Å². The number of benzene rings is 1. The molecule has 0 saturated heterocycles. The number of nitrogens with one attached hydrogen (secondary N) is 1. The number of rotatable bonds is 4. The second-order valence-electron chi connectivity index (χ2n) is 4.67. The highest BCUT2D eigenvalue weighted by Crippen LogP contribution is 2.23. The van der Waals surface area contributed by atoms with Crippen LogP contribution in [0, 0.1) is 0 Å². The molecule has 0 fully saturated rings. The zero-order chi connectivity index (χ0) is 13.8. The summed E-state index contributed by atoms with van der Waals surface area (Å²) < 4.78 is 1.86. The van der Waals surface area contributed by atoms with Crippen molar-refractivity contribution in [2.45, 2.75) is 25.8 Å². The fourth-order valence-corrected chi connectivity index (χ4v) is 2.14. The van der Waals surface area contributed by atoms with Crippen LogP contribution in [-0.2, 0) is 4.79 Å². The number of amides is 1. The molecule has 19 heavy (non-hydrogen) atoms. The van der Waals surface area contributed by atoms with Crippen molar-refractivity contribution in [3.05, 3.63) is 54.1 Å². The first-order valence-corrected chi connectivity index (χ1v) is 6.23. The molecule has 1 aromatic carbocycles. The Kier molecular flexibility index (Phi) is 3.97. The highest BCUT2D eigenvalue weighted by molar-refractivity contribution is 5.83. The minimum absolute atomic E-state index is 0.229. The van der Waals surface area contributed by atoms with Crippen LogP contribution in [0.4, 0.5) is 0 Å². The maximum Gasteiger partial charge on any atom is 0.261 e. The third-order valence-corrected chi connectivity index (χ3v) is 3.00.